The number of nitrogens with one attached hydrogen (secondary N) is 2. The number of amides is 1. The van der Waals surface area contributed by atoms with Gasteiger partial charge in [-0.3, -0.25) is 15.6 Å². The van der Waals surface area contributed by atoms with Crippen molar-refractivity contribution in [2.24, 2.45) is 11.8 Å². The van der Waals surface area contributed by atoms with Crippen molar-refractivity contribution in [3.63, 3.8) is 0 Å². The van der Waals surface area contributed by atoms with E-state index in [1.165, 1.54) is 6.26 Å². The first-order valence-corrected chi connectivity index (χ1v) is 9.55. The van der Waals surface area contributed by atoms with E-state index in [0.717, 1.165) is 44.5 Å². The number of rotatable bonds is 4. The van der Waals surface area contributed by atoms with Gasteiger partial charge in [0.15, 0.2) is 0 Å². The quantitative estimate of drug-likeness (QED) is 0.883. The highest BCUT2D eigenvalue weighted by atomic mass is 16.5. The van der Waals surface area contributed by atoms with Crippen LogP contribution < -0.4 is 10.9 Å². The van der Waals surface area contributed by atoms with Gasteiger partial charge in [-0.05, 0) is 24.7 Å². The predicted molar refractivity (Wildman–Crippen MR) is 99.3 cm³/mol. The Balaban J connectivity index is 1.51. The van der Waals surface area contributed by atoms with Crippen molar-refractivity contribution >= 4 is 5.91 Å². The largest absolute Gasteiger partial charge is 0.363 e. The van der Waals surface area contributed by atoms with E-state index in [-0.39, 0.29) is 5.91 Å². The lowest BCUT2D eigenvalue weighted by atomic mass is 9.83. The molecule has 2 aliphatic heterocycles. The molecule has 0 saturated carbocycles. The van der Waals surface area contributed by atoms with Gasteiger partial charge in [-0.15, -0.1) is 0 Å². The molecular formula is C20H26N4O2. The molecule has 6 nitrogen and oxygen atoms in total. The standard InChI is InChI=1S/C20H26N4O2/c1-2-14-11-21-22-18(14)16-9-6-10-24(12-16)20(25)17-13-26-23-19(17)15-7-4-3-5-8-15/h3-5,7-8,13-14,16,18,21-22H,2,6,9-12H2,1H3. The number of nitrogens with zero attached hydrogens (tertiary/aromatic N) is 2. The molecular weight excluding hydrogens is 328 g/mol. The maximum absolute atomic E-state index is 13.2. The average Bonchev–Trinajstić information content (AvgIpc) is 3.37. The first-order chi connectivity index (χ1) is 12.8. The van der Waals surface area contributed by atoms with E-state index in [1.54, 1.807) is 0 Å². The van der Waals surface area contributed by atoms with Crippen LogP contribution in [0, 0.1) is 11.8 Å². The van der Waals surface area contributed by atoms with Crippen molar-refractivity contribution in [1.82, 2.24) is 20.9 Å². The average molecular weight is 354 g/mol. The van der Waals surface area contributed by atoms with E-state index in [9.17, 15) is 4.79 Å². The molecule has 138 valence electrons. The van der Waals surface area contributed by atoms with Crippen molar-refractivity contribution in [2.45, 2.75) is 32.2 Å². The Kier molecular flexibility index (Phi) is 5.04. The lowest BCUT2D eigenvalue weighted by Gasteiger charge is -2.37. The van der Waals surface area contributed by atoms with Crippen LogP contribution in [0.15, 0.2) is 41.1 Å². The van der Waals surface area contributed by atoms with Crippen LogP contribution >= 0.6 is 0 Å². The van der Waals surface area contributed by atoms with Gasteiger partial charge >= 0.3 is 0 Å². The van der Waals surface area contributed by atoms with Crippen molar-refractivity contribution in [3.05, 3.63) is 42.2 Å². The zero-order valence-corrected chi connectivity index (χ0v) is 15.1. The van der Waals surface area contributed by atoms with E-state index in [1.807, 2.05) is 35.2 Å². The molecule has 2 fully saturated rings. The molecule has 3 unspecified atom stereocenters. The third kappa shape index (κ3) is 3.27. The van der Waals surface area contributed by atoms with Crippen LogP contribution in [0.1, 0.15) is 36.5 Å². The van der Waals surface area contributed by atoms with Gasteiger partial charge in [0, 0.05) is 31.2 Å². The molecule has 3 atom stereocenters. The lowest BCUT2D eigenvalue weighted by molar-refractivity contribution is 0.0634. The van der Waals surface area contributed by atoms with Crippen molar-refractivity contribution in [1.29, 1.82) is 0 Å². The van der Waals surface area contributed by atoms with E-state index in [2.05, 4.69) is 22.9 Å². The number of aromatic nitrogens is 1. The minimum Gasteiger partial charge on any atom is -0.363 e. The molecule has 2 aliphatic rings. The Bertz CT molecular complexity index is 745. The molecule has 2 aromatic rings. The Hall–Kier alpha value is -2.18. The predicted octanol–water partition coefficient (Wildman–Crippen LogP) is 2.70. The smallest absolute Gasteiger partial charge is 0.259 e. The first-order valence-electron chi connectivity index (χ1n) is 9.55. The van der Waals surface area contributed by atoms with Crippen LogP contribution in [0.3, 0.4) is 0 Å². The van der Waals surface area contributed by atoms with Gasteiger partial charge in [0.1, 0.15) is 17.5 Å². The highest BCUT2D eigenvalue weighted by molar-refractivity contribution is 5.99. The zero-order valence-electron chi connectivity index (χ0n) is 15.1. The van der Waals surface area contributed by atoms with Crippen molar-refractivity contribution < 1.29 is 9.32 Å². The van der Waals surface area contributed by atoms with Crippen LogP contribution in [-0.4, -0.2) is 41.6 Å². The van der Waals surface area contributed by atoms with Gasteiger partial charge in [-0.25, -0.2) is 0 Å². The molecule has 0 bridgehead atoms. The molecule has 0 aliphatic carbocycles. The minimum atomic E-state index is 0.0220. The molecule has 1 amide bonds. The number of carbonyl (C=O) groups excluding carboxylic acids is 1. The summed E-state index contributed by atoms with van der Waals surface area (Å²) in [4.78, 5) is 15.1. The van der Waals surface area contributed by atoms with Gasteiger partial charge in [0.05, 0.1) is 0 Å². The van der Waals surface area contributed by atoms with Gasteiger partial charge in [0.25, 0.3) is 5.91 Å². The summed E-state index contributed by atoms with van der Waals surface area (Å²) in [5.41, 5.74) is 8.83. The van der Waals surface area contributed by atoms with Gasteiger partial charge in [0.2, 0.25) is 0 Å². The van der Waals surface area contributed by atoms with E-state index < -0.39 is 0 Å². The van der Waals surface area contributed by atoms with E-state index >= 15 is 0 Å². The van der Waals surface area contributed by atoms with Crippen LogP contribution in [0.5, 0.6) is 0 Å². The third-order valence-corrected chi connectivity index (χ3v) is 5.77. The summed E-state index contributed by atoms with van der Waals surface area (Å²) in [7, 11) is 0. The monoisotopic (exact) mass is 354 g/mol. The number of hydrogen-bond acceptors (Lipinski definition) is 5. The number of carbonyl (C=O) groups is 1. The molecule has 0 spiro atoms. The summed E-state index contributed by atoms with van der Waals surface area (Å²) in [5.74, 6) is 1.13. The van der Waals surface area contributed by atoms with Crippen LogP contribution in [-0.2, 0) is 0 Å². The Morgan fingerprint density at radius 2 is 2.19 bits per heavy atom. The highest BCUT2D eigenvalue weighted by Gasteiger charge is 2.36. The zero-order chi connectivity index (χ0) is 17.9. The number of likely N-dealkylation sites (tertiary alicyclic amines) is 1. The molecule has 2 N–H and O–H groups in total. The van der Waals surface area contributed by atoms with E-state index in [0.29, 0.717) is 29.1 Å². The molecule has 3 heterocycles. The summed E-state index contributed by atoms with van der Waals surface area (Å²) >= 11 is 0. The van der Waals surface area contributed by atoms with Gasteiger partial charge in [-0.1, -0.05) is 48.8 Å². The molecule has 2 saturated heterocycles. The first kappa shape index (κ1) is 17.2. The SMILES string of the molecule is CCC1CNNC1C1CCCN(C(=O)c2conc2-c2ccccc2)C1. The maximum Gasteiger partial charge on any atom is 0.259 e. The summed E-state index contributed by atoms with van der Waals surface area (Å²) in [6, 6.07) is 10.2. The van der Waals surface area contributed by atoms with Gasteiger partial charge in [-0.2, -0.15) is 0 Å². The van der Waals surface area contributed by atoms with Gasteiger partial charge < -0.3 is 9.42 Å². The summed E-state index contributed by atoms with van der Waals surface area (Å²) in [5, 5.41) is 4.08. The van der Waals surface area contributed by atoms with E-state index in [4.69, 9.17) is 4.52 Å². The fourth-order valence-corrected chi connectivity index (χ4v) is 4.30. The summed E-state index contributed by atoms with van der Waals surface area (Å²) < 4.78 is 5.15. The Morgan fingerprint density at radius 3 is 3.00 bits per heavy atom. The molecule has 6 heteroatoms. The topological polar surface area (TPSA) is 70.4 Å². The minimum absolute atomic E-state index is 0.0220. The lowest BCUT2D eigenvalue weighted by Crippen LogP contribution is -2.48. The fourth-order valence-electron chi connectivity index (χ4n) is 4.30. The second-order valence-electron chi connectivity index (χ2n) is 7.32. The number of hydrogen-bond donors (Lipinski definition) is 2. The second kappa shape index (κ2) is 7.60. The van der Waals surface area contributed by atoms with Crippen LogP contribution in [0.2, 0.25) is 0 Å². The number of benzene rings is 1. The maximum atomic E-state index is 13.2. The second-order valence-corrected chi connectivity index (χ2v) is 7.32. The van der Waals surface area contributed by atoms with Crippen molar-refractivity contribution in [3.8, 4) is 11.3 Å². The molecule has 0 radical (unpaired) electrons. The summed E-state index contributed by atoms with van der Waals surface area (Å²) in [6.45, 7) is 4.83. The number of piperidine rings is 1. The normalized spacial score (nSPS) is 26.2. The summed E-state index contributed by atoms with van der Waals surface area (Å²) in [6.07, 6.45) is 4.84. The van der Waals surface area contributed by atoms with Crippen LogP contribution in [0.4, 0.5) is 0 Å². The molecule has 1 aromatic heterocycles. The molecule has 26 heavy (non-hydrogen) atoms. The van der Waals surface area contributed by atoms with Crippen molar-refractivity contribution in [2.75, 3.05) is 19.6 Å². The molecule has 4 rings (SSSR count). The number of hydrazine groups is 1. The Morgan fingerprint density at radius 1 is 1.35 bits per heavy atom. The third-order valence-electron chi connectivity index (χ3n) is 5.77. The van der Waals surface area contributed by atoms with Crippen LogP contribution in [0.25, 0.3) is 11.3 Å². The Labute approximate surface area is 153 Å². The fraction of sp³-hybridized carbons (Fsp3) is 0.500. The molecule has 1 aromatic carbocycles. The highest BCUT2D eigenvalue weighted by Crippen LogP contribution is 2.29.